The molecule has 4 rings (SSSR count). The topological polar surface area (TPSA) is 54.6 Å². The molecule has 5 nitrogen and oxygen atoms in total. The van der Waals surface area contributed by atoms with E-state index in [-0.39, 0.29) is 12.0 Å². The van der Waals surface area contributed by atoms with Crippen molar-refractivity contribution in [2.75, 3.05) is 32.9 Å². The molecule has 2 aromatic rings. The lowest BCUT2D eigenvalue weighted by molar-refractivity contribution is -0.00318. The predicted molar refractivity (Wildman–Crippen MR) is 106 cm³/mol. The average Bonchev–Trinajstić information content (AvgIpc) is 3.10. The molecule has 2 fully saturated rings. The molecule has 27 heavy (non-hydrogen) atoms. The van der Waals surface area contributed by atoms with Crippen LogP contribution in [0, 0.1) is 5.92 Å². The summed E-state index contributed by atoms with van der Waals surface area (Å²) in [6.07, 6.45) is 6.34. The zero-order valence-electron chi connectivity index (χ0n) is 16.2. The molecule has 2 aliphatic rings. The molecule has 1 aromatic carbocycles. The summed E-state index contributed by atoms with van der Waals surface area (Å²) in [5.41, 5.74) is 2.79. The Morgan fingerprint density at radius 3 is 2.70 bits per heavy atom. The Hall–Kier alpha value is -1.85. The molecule has 1 aliphatic carbocycles. The average molecular weight is 370 g/mol. The standard InChI is InChI=1S/C22H30N2O3/c1-2-27-22(25)20-19(17-10-6-7-11-18(17)23-20)21(16-8-4-3-5-9-16)24-12-14-26-15-13-24/h6-7,10-11,16,21,23H,2-5,8-9,12-15H2,1H3. The second kappa shape index (κ2) is 8.44. The van der Waals surface area contributed by atoms with Gasteiger partial charge in [0, 0.05) is 35.6 Å². The fourth-order valence-corrected chi connectivity index (χ4v) is 4.86. The van der Waals surface area contributed by atoms with Gasteiger partial charge in [0.15, 0.2) is 0 Å². The van der Waals surface area contributed by atoms with Crippen molar-refractivity contribution in [3.05, 3.63) is 35.5 Å². The number of aromatic amines is 1. The lowest BCUT2D eigenvalue weighted by Gasteiger charge is -2.41. The van der Waals surface area contributed by atoms with Crippen molar-refractivity contribution in [1.82, 2.24) is 9.88 Å². The van der Waals surface area contributed by atoms with Crippen molar-refractivity contribution in [1.29, 1.82) is 0 Å². The summed E-state index contributed by atoms with van der Waals surface area (Å²) < 4.78 is 11.0. The fraction of sp³-hybridized carbons (Fsp3) is 0.591. The second-order valence-electron chi connectivity index (χ2n) is 7.67. The number of carbonyl (C=O) groups excluding carboxylic acids is 1. The van der Waals surface area contributed by atoms with Crippen molar-refractivity contribution in [2.45, 2.75) is 45.1 Å². The lowest BCUT2D eigenvalue weighted by Crippen LogP contribution is -2.42. The van der Waals surface area contributed by atoms with Crippen LogP contribution in [0.15, 0.2) is 24.3 Å². The first kappa shape index (κ1) is 18.5. The molecule has 1 saturated heterocycles. The Morgan fingerprint density at radius 2 is 1.96 bits per heavy atom. The highest BCUT2D eigenvalue weighted by atomic mass is 16.5. The van der Waals surface area contributed by atoms with Gasteiger partial charge in [0.2, 0.25) is 0 Å². The minimum atomic E-state index is -0.238. The van der Waals surface area contributed by atoms with E-state index in [4.69, 9.17) is 9.47 Å². The Bertz CT molecular complexity index is 755. The molecule has 0 radical (unpaired) electrons. The molecular formula is C22H30N2O3. The Balaban J connectivity index is 1.83. The molecule has 1 saturated carbocycles. The summed E-state index contributed by atoms with van der Waals surface area (Å²) in [5.74, 6) is 0.335. The molecule has 1 unspecified atom stereocenters. The monoisotopic (exact) mass is 370 g/mol. The Morgan fingerprint density at radius 1 is 1.22 bits per heavy atom. The third-order valence-corrected chi connectivity index (χ3v) is 6.06. The third-order valence-electron chi connectivity index (χ3n) is 6.06. The minimum absolute atomic E-state index is 0.238. The number of ether oxygens (including phenoxy) is 2. The van der Waals surface area contributed by atoms with E-state index in [1.807, 2.05) is 13.0 Å². The highest BCUT2D eigenvalue weighted by Gasteiger charge is 2.36. The molecular weight excluding hydrogens is 340 g/mol. The van der Waals surface area contributed by atoms with Crippen molar-refractivity contribution in [3.8, 4) is 0 Å². The molecule has 146 valence electrons. The van der Waals surface area contributed by atoms with E-state index in [2.05, 4.69) is 28.1 Å². The van der Waals surface area contributed by atoms with Crippen LogP contribution in [0.2, 0.25) is 0 Å². The van der Waals surface area contributed by atoms with E-state index in [1.165, 1.54) is 32.1 Å². The number of fused-ring (bicyclic) bond motifs is 1. The normalized spacial score (nSPS) is 20.6. The van der Waals surface area contributed by atoms with Crippen LogP contribution in [0.4, 0.5) is 0 Å². The summed E-state index contributed by atoms with van der Waals surface area (Å²) in [4.78, 5) is 18.7. The molecule has 1 atom stereocenters. The molecule has 2 heterocycles. The van der Waals surface area contributed by atoms with Gasteiger partial charge in [-0.05, 0) is 31.7 Å². The number of rotatable bonds is 5. The quantitative estimate of drug-likeness (QED) is 0.798. The van der Waals surface area contributed by atoms with Crippen LogP contribution in [0.1, 0.15) is 61.1 Å². The van der Waals surface area contributed by atoms with Gasteiger partial charge in [0.25, 0.3) is 0 Å². The van der Waals surface area contributed by atoms with Crippen LogP contribution in [0.5, 0.6) is 0 Å². The number of esters is 1. The third kappa shape index (κ3) is 3.76. The molecule has 1 aliphatic heterocycles. The number of carbonyl (C=O) groups is 1. The van der Waals surface area contributed by atoms with E-state index in [0.29, 0.717) is 18.2 Å². The number of nitrogens with one attached hydrogen (secondary N) is 1. The Kier molecular flexibility index (Phi) is 5.79. The summed E-state index contributed by atoms with van der Waals surface area (Å²) in [7, 11) is 0. The molecule has 0 amide bonds. The van der Waals surface area contributed by atoms with Gasteiger partial charge >= 0.3 is 5.97 Å². The first-order valence-electron chi connectivity index (χ1n) is 10.4. The largest absolute Gasteiger partial charge is 0.461 e. The van der Waals surface area contributed by atoms with Gasteiger partial charge in [-0.2, -0.15) is 0 Å². The summed E-state index contributed by atoms with van der Waals surface area (Å²) in [6, 6.07) is 8.51. The first-order valence-corrected chi connectivity index (χ1v) is 10.4. The van der Waals surface area contributed by atoms with Crippen LogP contribution in [-0.4, -0.2) is 48.8 Å². The van der Waals surface area contributed by atoms with E-state index >= 15 is 0 Å². The Labute approximate surface area is 161 Å². The molecule has 5 heteroatoms. The molecule has 1 N–H and O–H groups in total. The van der Waals surface area contributed by atoms with Crippen LogP contribution < -0.4 is 0 Å². The maximum absolute atomic E-state index is 12.8. The second-order valence-corrected chi connectivity index (χ2v) is 7.67. The van der Waals surface area contributed by atoms with Gasteiger partial charge in [0.05, 0.1) is 19.8 Å². The zero-order chi connectivity index (χ0) is 18.6. The van der Waals surface area contributed by atoms with Crippen molar-refractivity contribution in [2.24, 2.45) is 5.92 Å². The highest BCUT2D eigenvalue weighted by Crippen LogP contribution is 2.42. The van der Waals surface area contributed by atoms with E-state index < -0.39 is 0 Å². The van der Waals surface area contributed by atoms with Gasteiger partial charge in [0.1, 0.15) is 5.69 Å². The van der Waals surface area contributed by atoms with Gasteiger partial charge in [-0.15, -0.1) is 0 Å². The number of para-hydroxylation sites is 1. The summed E-state index contributed by atoms with van der Waals surface area (Å²) in [6.45, 7) is 5.62. The van der Waals surface area contributed by atoms with Gasteiger partial charge in [-0.3, -0.25) is 4.90 Å². The van der Waals surface area contributed by atoms with Crippen molar-refractivity contribution < 1.29 is 14.3 Å². The maximum atomic E-state index is 12.8. The smallest absolute Gasteiger partial charge is 0.355 e. The van der Waals surface area contributed by atoms with Gasteiger partial charge < -0.3 is 14.5 Å². The zero-order valence-corrected chi connectivity index (χ0v) is 16.2. The number of benzene rings is 1. The number of hydrogen-bond donors (Lipinski definition) is 1. The SMILES string of the molecule is CCOC(=O)c1[nH]c2ccccc2c1C(C1CCCCC1)N1CCOCC1. The summed E-state index contributed by atoms with van der Waals surface area (Å²) in [5, 5.41) is 1.16. The minimum Gasteiger partial charge on any atom is -0.461 e. The predicted octanol–water partition coefficient (Wildman–Crippen LogP) is 4.30. The molecule has 1 aromatic heterocycles. The van der Waals surface area contributed by atoms with Crippen LogP contribution in [0.3, 0.4) is 0 Å². The lowest BCUT2D eigenvalue weighted by atomic mass is 9.79. The number of aromatic nitrogens is 1. The molecule has 0 bridgehead atoms. The maximum Gasteiger partial charge on any atom is 0.355 e. The van der Waals surface area contributed by atoms with Crippen LogP contribution >= 0.6 is 0 Å². The van der Waals surface area contributed by atoms with E-state index in [0.717, 1.165) is 42.8 Å². The van der Waals surface area contributed by atoms with Crippen LogP contribution in [-0.2, 0) is 9.47 Å². The fourth-order valence-electron chi connectivity index (χ4n) is 4.86. The number of hydrogen-bond acceptors (Lipinski definition) is 4. The van der Waals surface area contributed by atoms with Crippen molar-refractivity contribution >= 4 is 16.9 Å². The van der Waals surface area contributed by atoms with E-state index in [9.17, 15) is 4.79 Å². The van der Waals surface area contributed by atoms with Crippen molar-refractivity contribution in [3.63, 3.8) is 0 Å². The summed E-state index contributed by atoms with van der Waals surface area (Å²) >= 11 is 0. The number of H-pyrrole nitrogens is 1. The molecule has 0 spiro atoms. The van der Waals surface area contributed by atoms with Crippen LogP contribution in [0.25, 0.3) is 10.9 Å². The number of morpholine rings is 1. The van der Waals surface area contributed by atoms with Gasteiger partial charge in [-0.25, -0.2) is 4.79 Å². The van der Waals surface area contributed by atoms with E-state index in [1.54, 1.807) is 0 Å². The highest BCUT2D eigenvalue weighted by molar-refractivity contribution is 5.98. The first-order chi connectivity index (χ1) is 13.3. The number of nitrogens with zero attached hydrogens (tertiary/aromatic N) is 1. The van der Waals surface area contributed by atoms with Gasteiger partial charge in [-0.1, -0.05) is 37.5 Å².